The van der Waals surface area contributed by atoms with Gasteiger partial charge in [-0.2, -0.15) is 0 Å². The molecular formula is C17H20N4O3. The third-order valence-electron chi connectivity index (χ3n) is 3.79. The molecule has 1 aliphatic rings. The molecule has 2 heterocycles. The molecule has 1 fully saturated rings. The third-order valence-corrected chi connectivity index (χ3v) is 3.79. The summed E-state index contributed by atoms with van der Waals surface area (Å²) in [6.07, 6.45) is 2.26. The van der Waals surface area contributed by atoms with Crippen LogP contribution < -0.4 is 15.8 Å². The largest absolute Gasteiger partial charge is 0.491 e. The van der Waals surface area contributed by atoms with Gasteiger partial charge in [0.1, 0.15) is 18.1 Å². The second-order valence-corrected chi connectivity index (χ2v) is 5.55. The molecule has 0 spiro atoms. The average Bonchev–Trinajstić information content (AvgIpc) is 3.12. The van der Waals surface area contributed by atoms with Gasteiger partial charge in [-0.25, -0.2) is 9.97 Å². The Hall–Kier alpha value is -2.67. The predicted molar refractivity (Wildman–Crippen MR) is 89.7 cm³/mol. The summed E-state index contributed by atoms with van der Waals surface area (Å²) >= 11 is 0. The highest BCUT2D eigenvalue weighted by atomic mass is 16.5. The summed E-state index contributed by atoms with van der Waals surface area (Å²) in [5.41, 5.74) is 7.32. The Kier molecular flexibility index (Phi) is 4.90. The third kappa shape index (κ3) is 3.80. The van der Waals surface area contributed by atoms with Crippen LogP contribution in [0.1, 0.15) is 23.3 Å². The first kappa shape index (κ1) is 16.2. The Labute approximate surface area is 140 Å². The van der Waals surface area contributed by atoms with Crippen LogP contribution in [0.15, 0.2) is 30.3 Å². The predicted octanol–water partition coefficient (Wildman–Crippen LogP) is 1.64. The van der Waals surface area contributed by atoms with Crippen LogP contribution in [0.25, 0.3) is 11.3 Å². The molecule has 7 heteroatoms. The number of ether oxygens (including phenoxy) is 2. The minimum absolute atomic E-state index is 0.0526. The van der Waals surface area contributed by atoms with E-state index in [1.807, 2.05) is 24.3 Å². The van der Waals surface area contributed by atoms with Gasteiger partial charge < -0.3 is 20.5 Å². The molecule has 1 aromatic heterocycles. The van der Waals surface area contributed by atoms with Crippen LogP contribution in [0.3, 0.4) is 0 Å². The molecule has 1 saturated heterocycles. The van der Waals surface area contributed by atoms with Gasteiger partial charge in [-0.15, -0.1) is 0 Å². The minimum atomic E-state index is -0.309. The number of nitrogens with zero attached hydrogens (tertiary/aromatic N) is 2. The molecule has 1 aromatic carbocycles. The van der Waals surface area contributed by atoms with E-state index in [9.17, 15) is 4.79 Å². The number of anilines is 1. The fourth-order valence-corrected chi connectivity index (χ4v) is 2.57. The maximum absolute atomic E-state index is 11.8. The van der Waals surface area contributed by atoms with Crippen molar-refractivity contribution in [1.82, 2.24) is 15.3 Å². The normalized spacial score (nSPS) is 16.8. The molecule has 1 atom stereocenters. The number of nitrogens with two attached hydrogens (primary N) is 1. The zero-order chi connectivity index (χ0) is 16.9. The second-order valence-electron chi connectivity index (χ2n) is 5.55. The molecule has 126 valence electrons. The van der Waals surface area contributed by atoms with Gasteiger partial charge >= 0.3 is 0 Å². The topological polar surface area (TPSA) is 99.4 Å². The summed E-state index contributed by atoms with van der Waals surface area (Å²) in [7, 11) is 1.54. The number of nitrogens with one attached hydrogen (secondary N) is 1. The van der Waals surface area contributed by atoms with Crippen LogP contribution in [-0.2, 0) is 4.74 Å². The van der Waals surface area contributed by atoms with Crippen LogP contribution in [0.2, 0.25) is 0 Å². The van der Waals surface area contributed by atoms with Crippen LogP contribution in [0.5, 0.6) is 5.75 Å². The lowest BCUT2D eigenvalue weighted by molar-refractivity contribution is 0.0680. The highest BCUT2D eigenvalue weighted by molar-refractivity contribution is 5.93. The molecule has 0 bridgehead atoms. The lowest BCUT2D eigenvalue weighted by Gasteiger charge is -2.12. The summed E-state index contributed by atoms with van der Waals surface area (Å²) in [4.78, 5) is 19.9. The van der Waals surface area contributed by atoms with E-state index < -0.39 is 0 Å². The van der Waals surface area contributed by atoms with Crippen molar-refractivity contribution in [2.45, 2.75) is 18.9 Å². The fraction of sp³-hybridized carbons (Fsp3) is 0.353. The van der Waals surface area contributed by atoms with Gasteiger partial charge in [-0.3, -0.25) is 4.79 Å². The molecule has 0 saturated carbocycles. The van der Waals surface area contributed by atoms with Crippen LogP contribution in [0, 0.1) is 0 Å². The van der Waals surface area contributed by atoms with Crippen molar-refractivity contribution in [2.24, 2.45) is 0 Å². The summed E-state index contributed by atoms with van der Waals surface area (Å²) < 4.78 is 11.4. The maximum Gasteiger partial charge on any atom is 0.269 e. The number of carbonyl (C=O) groups is 1. The lowest BCUT2D eigenvalue weighted by Crippen LogP contribution is -2.20. The Balaban J connectivity index is 1.80. The van der Waals surface area contributed by atoms with Crippen molar-refractivity contribution in [3.63, 3.8) is 0 Å². The standard InChI is InChI=1S/C17H20N4O3/c1-19-16(22)15-9-14(20-17(18)21-15)11-4-2-5-12(8-11)24-10-13-6-3-7-23-13/h2,4-5,8-9,13H,3,6-7,10H2,1H3,(H,19,22)(H2,18,20,21). The molecule has 1 unspecified atom stereocenters. The van der Waals surface area contributed by atoms with Crippen molar-refractivity contribution in [3.05, 3.63) is 36.0 Å². The number of amides is 1. The Morgan fingerprint density at radius 3 is 3.04 bits per heavy atom. The number of rotatable bonds is 5. The molecule has 24 heavy (non-hydrogen) atoms. The first-order chi connectivity index (χ1) is 11.7. The van der Waals surface area contributed by atoms with E-state index in [4.69, 9.17) is 15.2 Å². The maximum atomic E-state index is 11.8. The molecule has 3 rings (SSSR count). The summed E-state index contributed by atoms with van der Waals surface area (Å²) in [6.45, 7) is 1.33. The SMILES string of the molecule is CNC(=O)c1cc(-c2cccc(OCC3CCCO3)c2)nc(N)n1. The molecule has 2 aromatic rings. The smallest absolute Gasteiger partial charge is 0.269 e. The van der Waals surface area contributed by atoms with Crippen molar-refractivity contribution in [2.75, 3.05) is 26.0 Å². The van der Waals surface area contributed by atoms with Gasteiger partial charge in [0, 0.05) is 19.2 Å². The average molecular weight is 328 g/mol. The molecule has 0 aliphatic carbocycles. The fourth-order valence-electron chi connectivity index (χ4n) is 2.57. The van der Waals surface area contributed by atoms with Crippen LogP contribution in [-0.4, -0.2) is 42.2 Å². The number of nitrogen functional groups attached to an aromatic ring is 1. The van der Waals surface area contributed by atoms with Crippen LogP contribution in [0.4, 0.5) is 5.95 Å². The number of hydrogen-bond acceptors (Lipinski definition) is 6. The van der Waals surface area contributed by atoms with Crippen LogP contribution >= 0.6 is 0 Å². The number of hydrogen-bond donors (Lipinski definition) is 2. The van der Waals surface area contributed by atoms with E-state index in [0.717, 1.165) is 30.8 Å². The van der Waals surface area contributed by atoms with Gasteiger partial charge in [0.05, 0.1) is 11.8 Å². The minimum Gasteiger partial charge on any atom is -0.491 e. The number of carbonyl (C=O) groups excluding carboxylic acids is 1. The van der Waals surface area contributed by atoms with Crippen molar-refractivity contribution < 1.29 is 14.3 Å². The van der Waals surface area contributed by atoms with E-state index in [2.05, 4.69) is 15.3 Å². The summed E-state index contributed by atoms with van der Waals surface area (Å²) in [5.74, 6) is 0.467. The Morgan fingerprint density at radius 2 is 2.29 bits per heavy atom. The second kappa shape index (κ2) is 7.27. The van der Waals surface area contributed by atoms with Gasteiger partial charge in [0.15, 0.2) is 0 Å². The lowest BCUT2D eigenvalue weighted by atomic mass is 10.1. The first-order valence-corrected chi connectivity index (χ1v) is 7.87. The van der Waals surface area contributed by atoms with E-state index in [1.165, 1.54) is 0 Å². The number of benzene rings is 1. The molecule has 3 N–H and O–H groups in total. The van der Waals surface area contributed by atoms with Gasteiger partial charge in [0.25, 0.3) is 5.91 Å². The van der Waals surface area contributed by atoms with Gasteiger partial charge in [-0.05, 0) is 31.0 Å². The van der Waals surface area contributed by atoms with Gasteiger partial charge in [0.2, 0.25) is 5.95 Å². The van der Waals surface area contributed by atoms with Crippen molar-refractivity contribution >= 4 is 11.9 Å². The van der Waals surface area contributed by atoms with Crippen molar-refractivity contribution in [3.8, 4) is 17.0 Å². The zero-order valence-electron chi connectivity index (χ0n) is 13.5. The van der Waals surface area contributed by atoms with E-state index in [1.54, 1.807) is 13.1 Å². The Bertz CT molecular complexity index is 730. The monoisotopic (exact) mass is 328 g/mol. The molecule has 0 radical (unpaired) electrons. The summed E-state index contributed by atoms with van der Waals surface area (Å²) in [5, 5.41) is 2.53. The molecule has 7 nitrogen and oxygen atoms in total. The quantitative estimate of drug-likeness (QED) is 0.865. The zero-order valence-corrected chi connectivity index (χ0v) is 13.5. The van der Waals surface area contributed by atoms with Crippen molar-refractivity contribution in [1.29, 1.82) is 0 Å². The Morgan fingerprint density at radius 1 is 1.42 bits per heavy atom. The van der Waals surface area contributed by atoms with E-state index in [0.29, 0.717) is 12.3 Å². The highest BCUT2D eigenvalue weighted by Gasteiger charge is 2.16. The molecule has 1 amide bonds. The van der Waals surface area contributed by atoms with Gasteiger partial charge in [-0.1, -0.05) is 12.1 Å². The van der Waals surface area contributed by atoms with E-state index in [-0.39, 0.29) is 23.7 Å². The highest BCUT2D eigenvalue weighted by Crippen LogP contribution is 2.24. The number of aromatic nitrogens is 2. The summed E-state index contributed by atoms with van der Waals surface area (Å²) in [6, 6.07) is 9.10. The van der Waals surface area contributed by atoms with E-state index >= 15 is 0 Å². The molecular weight excluding hydrogens is 308 g/mol. The first-order valence-electron chi connectivity index (χ1n) is 7.87. The molecule has 1 aliphatic heterocycles.